The second kappa shape index (κ2) is 12.8. The molecule has 2 fully saturated rings. The van der Waals surface area contributed by atoms with Crippen molar-refractivity contribution in [2.75, 3.05) is 58.2 Å². The molecule has 2 aliphatic heterocycles. The predicted molar refractivity (Wildman–Crippen MR) is 155 cm³/mol. The van der Waals surface area contributed by atoms with E-state index in [-0.39, 0.29) is 46.8 Å². The molecule has 224 valence electrons. The van der Waals surface area contributed by atoms with Crippen LogP contribution in [0.25, 0.3) is 22.2 Å². The number of hydrogen-bond acceptors (Lipinski definition) is 10. The number of aromatic nitrogens is 3. The molecule has 0 radical (unpaired) electrons. The highest BCUT2D eigenvalue weighted by atomic mass is 19.1. The Labute approximate surface area is 242 Å². The van der Waals surface area contributed by atoms with Gasteiger partial charge in [0.25, 0.3) is 0 Å². The van der Waals surface area contributed by atoms with E-state index in [4.69, 9.17) is 19.2 Å². The van der Waals surface area contributed by atoms with E-state index >= 15 is 8.78 Å². The zero-order chi connectivity index (χ0) is 29.8. The van der Waals surface area contributed by atoms with Crippen molar-refractivity contribution < 1.29 is 27.8 Å². The van der Waals surface area contributed by atoms with E-state index in [2.05, 4.69) is 44.4 Å². The van der Waals surface area contributed by atoms with E-state index in [0.29, 0.717) is 48.8 Å². The summed E-state index contributed by atoms with van der Waals surface area (Å²) in [7, 11) is 4.66. The molecule has 13 heteroatoms. The van der Waals surface area contributed by atoms with E-state index < -0.39 is 11.6 Å². The quantitative estimate of drug-likeness (QED) is 0.306. The largest absolute Gasteiger partial charge is 0.494 e. The molecule has 3 atom stereocenters. The number of halogens is 2. The van der Waals surface area contributed by atoms with Crippen molar-refractivity contribution in [3.05, 3.63) is 42.6 Å². The van der Waals surface area contributed by atoms with Crippen LogP contribution in [-0.2, 0) is 9.53 Å². The maximum absolute atomic E-state index is 15.5. The number of nitrogens with one attached hydrogen (secondary N) is 3. The number of rotatable bonds is 10. The van der Waals surface area contributed by atoms with Gasteiger partial charge in [0.05, 0.1) is 44.2 Å². The lowest BCUT2D eigenvalue weighted by Crippen LogP contribution is -2.52. The fourth-order valence-electron chi connectivity index (χ4n) is 5.38. The molecule has 0 bridgehead atoms. The number of anilines is 2. The van der Waals surface area contributed by atoms with Crippen molar-refractivity contribution in [2.45, 2.75) is 37.4 Å². The number of carbonyl (C=O) groups is 1. The topological polar surface area (TPSA) is 123 Å². The first kappa shape index (κ1) is 29.4. The first-order chi connectivity index (χ1) is 20.3. The van der Waals surface area contributed by atoms with E-state index in [1.165, 1.54) is 26.4 Å². The first-order valence-corrected chi connectivity index (χ1v) is 13.8. The summed E-state index contributed by atoms with van der Waals surface area (Å²) in [5.41, 5.74) is 0.127. The predicted octanol–water partition coefficient (Wildman–Crippen LogP) is 3.36. The van der Waals surface area contributed by atoms with Crippen LogP contribution < -0.4 is 25.4 Å². The van der Waals surface area contributed by atoms with Gasteiger partial charge in [-0.25, -0.2) is 23.7 Å². The standard InChI is InChI=1S/C29H35F2N7O4/c1-5-23(39)34-18-8-10-42-15-20(18)36-29-33-13-16-11-19(24-25(30)21(40-3)12-22(41-4)26(24)31)35-28(27(16)37-29)32-14-17-7-6-9-38(17)2/h5,11-13,17-18,20H,1,6-10,14-15H2,2-4H3,(H,32,35)(H,34,39)(H,33,36,37)/t17?,18-,20+/m0/s1. The highest BCUT2D eigenvalue weighted by molar-refractivity contribution is 5.92. The Morgan fingerprint density at radius 1 is 1.17 bits per heavy atom. The third kappa shape index (κ3) is 6.07. The molecule has 0 spiro atoms. The Morgan fingerprint density at radius 2 is 1.93 bits per heavy atom. The second-order valence-corrected chi connectivity index (χ2v) is 10.4. The van der Waals surface area contributed by atoms with Crippen molar-refractivity contribution in [3.8, 4) is 22.8 Å². The summed E-state index contributed by atoms with van der Waals surface area (Å²) in [4.78, 5) is 28.1. The van der Waals surface area contributed by atoms with E-state index in [0.717, 1.165) is 25.5 Å². The third-order valence-corrected chi connectivity index (χ3v) is 7.76. The van der Waals surface area contributed by atoms with Crippen LogP contribution in [0.2, 0.25) is 0 Å². The molecular formula is C29H35F2N7O4. The Balaban J connectivity index is 1.55. The molecule has 11 nitrogen and oxygen atoms in total. The van der Waals surface area contributed by atoms with Gasteiger partial charge >= 0.3 is 0 Å². The summed E-state index contributed by atoms with van der Waals surface area (Å²) in [6.07, 6.45) is 5.50. The number of likely N-dealkylation sites (N-methyl/N-ethyl adjacent to an activating group) is 1. The van der Waals surface area contributed by atoms with Crippen molar-refractivity contribution in [3.63, 3.8) is 0 Å². The summed E-state index contributed by atoms with van der Waals surface area (Å²) in [6.45, 7) is 5.93. The van der Waals surface area contributed by atoms with Gasteiger partial charge in [-0.3, -0.25) is 4.79 Å². The molecule has 42 heavy (non-hydrogen) atoms. The molecule has 2 aliphatic rings. The summed E-state index contributed by atoms with van der Waals surface area (Å²) >= 11 is 0. The molecule has 4 heterocycles. The number of carbonyl (C=O) groups excluding carboxylic acids is 1. The van der Waals surface area contributed by atoms with E-state index in [1.54, 1.807) is 6.20 Å². The molecule has 1 unspecified atom stereocenters. The smallest absolute Gasteiger partial charge is 0.243 e. The minimum atomic E-state index is -0.895. The highest BCUT2D eigenvalue weighted by Gasteiger charge is 2.28. The van der Waals surface area contributed by atoms with Gasteiger partial charge in [0.1, 0.15) is 5.52 Å². The number of methoxy groups -OCH3 is 2. The van der Waals surface area contributed by atoms with Gasteiger partial charge in [0.15, 0.2) is 29.0 Å². The lowest BCUT2D eigenvalue weighted by atomic mass is 10.0. The van der Waals surface area contributed by atoms with Crippen LogP contribution in [0.1, 0.15) is 19.3 Å². The van der Waals surface area contributed by atoms with Gasteiger partial charge < -0.3 is 35.1 Å². The molecule has 1 amide bonds. The summed E-state index contributed by atoms with van der Waals surface area (Å²) in [5, 5.41) is 10.1. The fourth-order valence-corrected chi connectivity index (χ4v) is 5.38. The van der Waals surface area contributed by atoms with Crippen molar-refractivity contribution in [2.24, 2.45) is 0 Å². The number of pyridine rings is 1. The summed E-state index contributed by atoms with van der Waals surface area (Å²) in [6, 6.07) is 2.45. The zero-order valence-electron chi connectivity index (χ0n) is 23.9. The highest BCUT2D eigenvalue weighted by Crippen LogP contribution is 2.38. The SMILES string of the molecule is C=CC(=O)N[C@H]1CCOC[C@H]1Nc1ncc2cc(-c3c(F)c(OC)cc(OC)c3F)nc(NCC3CCCN3C)c2n1. The Kier molecular flexibility index (Phi) is 8.97. The van der Waals surface area contributed by atoms with E-state index in [1.807, 2.05) is 0 Å². The molecule has 1 aromatic carbocycles. The average molecular weight is 584 g/mol. The van der Waals surface area contributed by atoms with Crippen LogP contribution in [0.5, 0.6) is 11.5 Å². The molecule has 0 aliphatic carbocycles. The zero-order valence-corrected chi connectivity index (χ0v) is 23.9. The van der Waals surface area contributed by atoms with Crippen molar-refractivity contribution in [1.82, 2.24) is 25.2 Å². The molecule has 3 aromatic rings. The van der Waals surface area contributed by atoms with Gasteiger partial charge in [-0.1, -0.05) is 6.58 Å². The lowest BCUT2D eigenvalue weighted by Gasteiger charge is -2.32. The fraction of sp³-hybridized carbons (Fsp3) is 0.448. The van der Waals surface area contributed by atoms with Gasteiger partial charge in [-0.05, 0) is 45.0 Å². The Bertz CT molecular complexity index is 1450. The molecular weight excluding hydrogens is 548 g/mol. The van der Waals surface area contributed by atoms with E-state index in [9.17, 15) is 4.79 Å². The minimum Gasteiger partial charge on any atom is -0.494 e. The molecule has 5 rings (SSSR count). The van der Waals surface area contributed by atoms with Crippen LogP contribution in [0, 0.1) is 11.6 Å². The minimum absolute atomic E-state index is 0.0363. The molecule has 3 N–H and O–H groups in total. The van der Waals surface area contributed by atoms with Crippen molar-refractivity contribution in [1.29, 1.82) is 0 Å². The Morgan fingerprint density at radius 3 is 2.60 bits per heavy atom. The van der Waals surface area contributed by atoms with Crippen LogP contribution in [0.3, 0.4) is 0 Å². The second-order valence-electron chi connectivity index (χ2n) is 10.4. The van der Waals surface area contributed by atoms with Crippen LogP contribution in [-0.4, -0.2) is 91.5 Å². The number of amides is 1. The van der Waals surface area contributed by atoms with Gasteiger partial charge in [0.2, 0.25) is 11.9 Å². The first-order valence-electron chi connectivity index (χ1n) is 13.8. The summed E-state index contributed by atoms with van der Waals surface area (Å²) < 4.78 is 46.8. The number of nitrogens with zero attached hydrogens (tertiary/aromatic N) is 4. The maximum atomic E-state index is 15.5. The van der Waals surface area contributed by atoms with Gasteiger partial charge in [-0.2, -0.15) is 0 Å². The van der Waals surface area contributed by atoms with Crippen LogP contribution >= 0.6 is 0 Å². The lowest BCUT2D eigenvalue weighted by molar-refractivity contribution is -0.117. The van der Waals surface area contributed by atoms with Crippen LogP contribution in [0.15, 0.2) is 31.0 Å². The Hall–Kier alpha value is -4.10. The van der Waals surface area contributed by atoms with Crippen molar-refractivity contribution >= 4 is 28.6 Å². The maximum Gasteiger partial charge on any atom is 0.243 e. The van der Waals surface area contributed by atoms with Gasteiger partial charge in [0, 0.05) is 36.8 Å². The number of fused-ring (bicyclic) bond motifs is 1. The molecule has 0 saturated carbocycles. The summed E-state index contributed by atoms with van der Waals surface area (Å²) in [5.74, 6) is -1.76. The van der Waals surface area contributed by atoms with Crippen LogP contribution in [0.4, 0.5) is 20.5 Å². The molecule has 2 saturated heterocycles. The molecule has 2 aromatic heterocycles. The monoisotopic (exact) mass is 583 g/mol. The number of ether oxygens (including phenoxy) is 3. The normalized spacial score (nSPS) is 20.7. The third-order valence-electron chi connectivity index (χ3n) is 7.76. The number of hydrogen-bond donors (Lipinski definition) is 3. The number of likely N-dealkylation sites (tertiary alicyclic amines) is 1. The van der Waals surface area contributed by atoms with Gasteiger partial charge in [-0.15, -0.1) is 0 Å². The number of benzene rings is 1. The average Bonchev–Trinajstić information content (AvgIpc) is 3.41.